The standard InChI is InChI=1S/C25H31N5O/c1-17-26-15-22(29(17)3)18-7-8-19-14-27-23(13-20(19)12-18)28-24(31)21-6-4-5-11-30(21)16-25(2)9-10-25/h7-8,12-15,21H,4-6,9-11,16H2,1-3H3,(H,27,28,31). The minimum absolute atomic E-state index is 0.0487. The summed E-state index contributed by atoms with van der Waals surface area (Å²) in [6.07, 6.45) is 9.53. The van der Waals surface area contributed by atoms with Gasteiger partial charge in [-0.15, -0.1) is 0 Å². The molecule has 6 heteroatoms. The van der Waals surface area contributed by atoms with E-state index in [-0.39, 0.29) is 11.9 Å². The fourth-order valence-electron chi connectivity index (χ4n) is 4.69. The van der Waals surface area contributed by atoms with E-state index < -0.39 is 0 Å². The highest BCUT2D eigenvalue weighted by Gasteiger charge is 2.41. The monoisotopic (exact) mass is 417 g/mol. The van der Waals surface area contributed by atoms with E-state index in [0.29, 0.717) is 11.2 Å². The highest BCUT2D eigenvalue weighted by atomic mass is 16.2. The van der Waals surface area contributed by atoms with Crippen LogP contribution in [0.2, 0.25) is 0 Å². The van der Waals surface area contributed by atoms with Crippen molar-refractivity contribution in [2.45, 2.75) is 52.0 Å². The van der Waals surface area contributed by atoms with Crippen LogP contribution < -0.4 is 5.32 Å². The van der Waals surface area contributed by atoms with Gasteiger partial charge in [0.15, 0.2) is 0 Å². The maximum atomic E-state index is 13.2. The Labute approximate surface area is 183 Å². The third-order valence-corrected chi connectivity index (χ3v) is 7.09. The molecule has 162 valence electrons. The van der Waals surface area contributed by atoms with Crippen LogP contribution in [0.15, 0.2) is 36.7 Å². The molecule has 0 spiro atoms. The predicted molar refractivity (Wildman–Crippen MR) is 124 cm³/mol. The second kappa shape index (κ2) is 7.75. The maximum absolute atomic E-state index is 13.2. The van der Waals surface area contributed by atoms with Crippen LogP contribution in [-0.2, 0) is 11.8 Å². The third-order valence-electron chi connectivity index (χ3n) is 7.09. The van der Waals surface area contributed by atoms with Gasteiger partial charge in [-0.2, -0.15) is 0 Å². The Bertz CT molecular complexity index is 1130. The first kappa shape index (κ1) is 20.2. The highest BCUT2D eigenvalue weighted by molar-refractivity contribution is 5.96. The number of imidazole rings is 1. The van der Waals surface area contributed by atoms with Crippen molar-refractivity contribution in [3.05, 3.63) is 42.5 Å². The van der Waals surface area contributed by atoms with Gasteiger partial charge < -0.3 is 9.88 Å². The van der Waals surface area contributed by atoms with Crippen LogP contribution in [0.25, 0.3) is 22.0 Å². The number of likely N-dealkylation sites (tertiary alicyclic amines) is 1. The lowest BCUT2D eigenvalue weighted by molar-refractivity contribution is -0.122. The molecule has 31 heavy (non-hydrogen) atoms. The lowest BCUT2D eigenvalue weighted by atomic mass is 9.98. The van der Waals surface area contributed by atoms with E-state index >= 15 is 0 Å². The average Bonchev–Trinajstić information content (AvgIpc) is 3.40. The molecular formula is C25H31N5O. The van der Waals surface area contributed by atoms with Crippen LogP contribution in [0.4, 0.5) is 5.82 Å². The predicted octanol–water partition coefficient (Wildman–Crippen LogP) is 4.54. The summed E-state index contributed by atoms with van der Waals surface area (Å²) in [5, 5.41) is 5.23. The van der Waals surface area contributed by atoms with Gasteiger partial charge in [-0.1, -0.05) is 25.5 Å². The Morgan fingerprint density at radius 2 is 2.00 bits per heavy atom. The van der Waals surface area contributed by atoms with Gasteiger partial charge in [0, 0.05) is 30.7 Å². The number of hydrogen-bond acceptors (Lipinski definition) is 4. The topological polar surface area (TPSA) is 63.1 Å². The fraction of sp³-hybridized carbons (Fsp3) is 0.480. The summed E-state index contributed by atoms with van der Waals surface area (Å²) in [5.74, 6) is 1.68. The second-order valence-electron chi connectivity index (χ2n) is 9.66. The van der Waals surface area contributed by atoms with E-state index in [2.05, 4.69) is 49.9 Å². The smallest absolute Gasteiger partial charge is 0.242 e. The van der Waals surface area contributed by atoms with Crippen molar-refractivity contribution < 1.29 is 4.79 Å². The summed E-state index contributed by atoms with van der Waals surface area (Å²) in [5.41, 5.74) is 2.60. The SMILES string of the molecule is Cc1ncc(-c2ccc3cnc(NC(=O)C4CCCCN4CC4(C)CC4)cc3c2)n1C. The van der Waals surface area contributed by atoms with Gasteiger partial charge in [-0.05, 0) is 62.1 Å². The molecule has 1 aliphatic carbocycles. The Morgan fingerprint density at radius 1 is 1.16 bits per heavy atom. The van der Waals surface area contributed by atoms with Crippen molar-refractivity contribution >= 4 is 22.5 Å². The molecule has 1 saturated carbocycles. The summed E-state index contributed by atoms with van der Waals surface area (Å²) < 4.78 is 2.09. The minimum atomic E-state index is -0.0487. The van der Waals surface area contributed by atoms with Crippen LogP contribution in [0, 0.1) is 12.3 Å². The normalized spacial score (nSPS) is 20.7. The second-order valence-corrected chi connectivity index (χ2v) is 9.66. The molecule has 1 aliphatic heterocycles. The first-order chi connectivity index (χ1) is 14.9. The van der Waals surface area contributed by atoms with Crippen molar-refractivity contribution in [1.29, 1.82) is 0 Å². The van der Waals surface area contributed by atoms with Crippen LogP contribution in [-0.4, -0.2) is 44.5 Å². The lowest BCUT2D eigenvalue weighted by Crippen LogP contribution is -2.49. The highest BCUT2D eigenvalue weighted by Crippen LogP contribution is 2.46. The molecule has 2 aliphatic rings. The Kier molecular flexibility index (Phi) is 5.05. The minimum Gasteiger partial charge on any atom is -0.331 e. The van der Waals surface area contributed by atoms with Gasteiger partial charge in [0.05, 0.1) is 17.9 Å². The quantitative estimate of drug-likeness (QED) is 0.662. The first-order valence-electron chi connectivity index (χ1n) is 11.4. The van der Waals surface area contributed by atoms with Crippen LogP contribution in [0.5, 0.6) is 0 Å². The number of nitrogens with zero attached hydrogens (tertiary/aromatic N) is 4. The molecular weight excluding hydrogens is 386 g/mol. The molecule has 1 N–H and O–H groups in total. The van der Waals surface area contributed by atoms with Crippen LogP contribution in [0.3, 0.4) is 0 Å². The number of pyridine rings is 1. The summed E-state index contributed by atoms with van der Waals surface area (Å²) in [6.45, 7) is 6.39. The van der Waals surface area contributed by atoms with Crippen molar-refractivity contribution in [2.75, 3.05) is 18.4 Å². The number of amides is 1. The van der Waals surface area contributed by atoms with Gasteiger partial charge in [0.1, 0.15) is 11.6 Å². The molecule has 1 unspecified atom stereocenters. The van der Waals surface area contributed by atoms with Gasteiger partial charge in [0.25, 0.3) is 0 Å². The number of nitrogens with one attached hydrogen (secondary N) is 1. The van der Waals surface area contributed by atoms with E-state index in [0.717, 1.165) is 53.8 Å². The number of rotatable bonds is 5. The Hall–Kier alpha value is -2.73. The molecule has 2 aromatic heterocycles. The van der Waals surface area contributed by atoms with Gasteiger partial charge in [0.2, 0.25) is 5.91 Å². The molecule has 1 atom stereocenters. The van der Waals surface area contributed by atoms with Gasteiger partial charge in [-0.3, -0.25) is 9.69 Å². The third kappa shape index (κ3) is 4.09. The summed E-state index contributed by atoms with van der Waals surface area (Å²) in [4.78, 5) is 24.5. The van der Waals surface area contributed by atoms with Crippen molar-refractivity contribution in [3.8, 4) is 11.3 Å². The summed E-state index contributed by atoms with van der Waals surface area (Å²) in [6, 6.07) is 8.24. The molecule has 1 saturated heterocycles. The number of fused-ring (bicyclic) bond motifs is 1. The van der Waals surface area contributed by atoms with E-state index in [1.54, 1.807) is 0 Å². The zero-order valence-corrected chi connectivity index (χ0v) is 18.7. The lowest BCUT2D eigenvalue weighted by Gasteiger charge is -2.36. The number of anilines is 1. The van der Waals surface area contributed by atoms with E-state index in [4.69, 9.17) is 0 Å². The van der Waals surface area contributed by atoms with E-state index in [9.17, 15) is 4.79 Å². The summed E-state index contributed by atoms with van der Waals surface area (Å²) >= 11 is 0. The number of hydrogen-bond donors (Lipinski definition) is 1. The maximum Gasteiger partial charge on any atom is 0.242 e. The summed E-state index contributed by atoms with van der Waals surface area (Å²) in [7, 11) is 2.03. The van der Waals surface area contributed by atoms with Crippen LogP contribution in [0.1, 0.15) is 44.9 Å². The van der Waals surface area contributed by atoms with E-state index in [1.165, 1.54) is 19.3 Å². The molecule has 0 bridgehead atoms. The fourth-order valence-corrected chi connectivity index (χ4v) is 4.69. The number of aryl methyl sites for hydroxylation is 1. The van der Waals surface area contributed by atoms with E-state index in [1.807, 2.05) is 32.4 Å². The number of aromatic nitrogens is 3. The number of piperidine rings is 1. The largest absolute Gasteiger partial charge is 0.331 e. The molecule has 6 nitrogen and oxygen atoms in total. The number of benzene rings is 1. The molecule has 1 aromatic carbocycles. The van der Waals surface area contributed by atoms with Crippen LogP contribution >= 0.6 is 0 Å². The Balaban J connectivity index is 1.37. The zero-order chi connectivity index (χ0) is 21.6. The van der Waals surface area contributed by atoms with Crippen molar-refractivity contribution in [2.24, 2.45) is 12.5 Å². The first-order valence-corrected chi connectivity index (χ1v) is 11.4. The van der Waals surface area contributed by atoms with Crippen molar-refractivity contribution in [1.82, 2.24) is 19.4 Å². The molecule has 3 heterocycles. The number of carbonyl (C=O) groups is 1. The molecule has 5 rings (SSSR count). The molecule has 3 aromatic rings. The zero-order valence-electron chi connectivity index (χ0n) is 18.7. The molecule has 0 radical (unpaired) electrons. The molecule has 1 amide bonds. The average molecular weight is 418 g/mol. The number of carbonyl (C=O) groups excluding carboxylic acids is 1. The van der Waals surface area contributed by atoms with Gasteiger partial charge >= 0.3 is 0 Å². The molecule has 2 fully saturated rings. The Morgan fingerprint density at radius 3 is 2.74 bits per heavy atom. The van der Waals surface area contributed by atoms with Gasteiger partial charge in [-0.25, -0.2) is 9.97 Å². The van der Waals surface area contributed by atoms with Crippen molar-refractivity contribution in [3.63, 3.8) is 0 Å².